The summed E-state index contributed by atoms with van der Waals surface area (Å²) in [6.07, 6.45) is 1.66. The van der Waals surface area contributed by atoms with E-state index in [0.717, 1.165) is 6.92 Å². The van der Waals surface area contributed by atoms with E-state index in [1.807, 2.05) is 0 Å². The fourth-order valence-electron chi connectivity index (χ4n) is 9.57. The van der Waals surface area contributed by atoms with Crippen LogP contribution in [0.2, 0.25) is 0 Å². The second kappa shape index (κ2) is 39.3. The molecule has 20 N–H and O–H groups in total. The fraction of sp³-hybridized carbons (Fsp3) is 0.525. The largest absolute Gasteiger partial charge is 0.481 e. The first kappa shape index (κ1) is 77.2. The molecule has 0 unspecified atom stereocenters. The van der Waals surface area contributed by atoms with Crippen LogP contribution in [-0.4, -0.2) is 182 Å². The Hall–Kier alpha value is -10.0. The molecule has 0 bridgehead atoms. The number of hydrogen-bond acceptors (Lipinski definition) is 16. The highest BCUT2D eigenvalue weighted by molar-refractivity contribution is 6.00. The number of aromatic nitrogens is 2. The van der Waals surface area contributed by atoms with Crippen molar-refractivity contribution in [1.82, 2.24) is 63.1 Å². The molecule has 0 spiro atoms. The van der Waals surface area contributed by atoms with E-state index in [4.69, 9.17) is 27.1 Å². The zero-order chi connectivity index (χ0) is 69.5. The number of carbonyl (C=O) groups is 13. The number of hydrogen-bond donors (Lipinski definition) is 17. The molecule has 0 saturated carbocycles. The minimum Gasteiger partial charge on any atom is -0.481 e. The minimum absolute atomic E-state index is 0.0180. The Morgan fingerprint density at radius 3 is 1.43 bits per heavy atom. The number of amides is 10. The van der Waals surface area contributed by atoms with Gasteiger partial charge in [-0.25, -0.2) is 4.98 Å². The molecule has 32 heteroatoms. The number of guanidine groups is 1. The summed E-state index contributed by atoms with van der Waals surface area (Å²) in [7, 11) is 0. The quantitative estimate of drug-likeness (QED) is 0.0161. The third kappa shape index (κ3) is 28.8. The number of nitrogens with zero attached hydrogens (tertiary/aromatic N) is 2. The molecule has 32 nitrogen and oxygen atoms in total. The maximum Gasteiger partial charge on any atom is 0.305 e. The lowest BCUT2D eigenvalue weighted by molar-refractivity contribution is -0.142. The second-order valence-electron chi connectivity index (χ2n) is 23.4. The molecule has 1 aliphatic heterocycles. The maximum atomic E-state index is 14.6. The van der Waals surface area contributed by atoms with Crippen LogP contribution in [0.3, 0.4) is 0 Å². The Bertz CT molecular complexity index is 3030. The van der Waals surface area contributed by atoms with E-state index in [2.05, 4.69) is 68.1 Å². The summed E-state index contributed by atoms with van der Waals surface area (Å²) in [4.78, 5) is 183. The third-order valence-electron chi connectivity index (χ3n) is 14.3. The van der Waals surface area contributed by atoms with Gasteiger partial charge in [0, 0.05) is 44.6 Å². The number of benzene rings is 2. The standard InChI is InChI=1S/C59H86N16O14.C2H4O2/c1-31(2)23-40(52(83)67-38(20-14-22-65-59(61)62)51(82)68-39(49(60)80)24-34-15-9-7-10-16-34)69-53(84)41(25-35-17-11-8-12-18-35)72-57(88)47(32(3)4)74-55(86)42(26-36-29-63-30-66-36)70-54(85)43(27-45(76)77)73-58(89)48(33(5)6)75-56(87)44(28-46(78)79)71-50(81)37-19-13-21-64-37;1-2(3)4/h7-12,15-18,29-33,37-44,47-48,64H,13-14,19-28H2,1-6H3,(H2,60,80)(H,63,66)(H,67,83)(H,68,82)(H,69,84)(H,70,85)(H,71,81)(H,72,88)(H,73,89)(H,74,86)(H,75,87)(H,76,77)(H,78,79)(H4,61,62,65);1H3,(H,3,4)/t37-,38+,39+,40+,41+,42+,43+,44+,47+,48+;/m1./s1. The van der Waals surface area contributed by atoms with Gasteiger partial charge in [0.25, 0.3) is 5.97 Å². The van der Waals surface area contributed by atoms with Crippen LogP contribution in [0, 0.1) is 17.8 Å². The zero-order valence-electron chi connectivity index (χ0n) is 53.2. The van der Waals surface area contributed by atoms with Crippen LogP contribution in [-0.2, 0) is 81.6 Å². The zero-order valence-corrected chi connectivity index (χ0v) is 53.2. The predicted octanol–water partition coefficient (Wildman–Crippen LogP) is -2.51. The van der Waals surface area contributed by atoms with Crippen molar-refractivity contribution < 1.29 is 77.6 Å². The van der Waals surface area contributed by atoms with Crippen LogP contribution in [0.1, 0.15) is 110 Å². The summed E-state index contributed by atoms with van der Waals surface area (Å²) >= 11 is 0. The summed E-state index contributed by atoms with van der Waals surface area (Å²) < 4.78 is 0. The van der Waals surface area contributed by atoms with Crippen molar-refractivity contribution in [3.63, 3.8) is 0 Å². The van der Waals surface area contributed by atoms with Gasteiger partial charge in [0.2, 0.25) is 59.1 Å². The SMILES string of the molecule is CC(=O)O.CC(C)C[C@H](NC(=O)[C@H](Cc1ccccc1)NC(=O)[C@@H](NC(=O)[C@H](Cc1cnc[nH]1)NC(=O)[C@H](CC(=O)O)NC(=O)[C@@H](NC(=O)[C@H](CC(=O)O)NC(=O)[C@H]1CCCN1)C(C)C)C(C)C)C(=O)N[C@@H](CCCN=C(N)N)C(=O)N[C@@H](Cc1ccccc1)C(N)=O. The number of aliphatic carboxylic acids is 3. The lowest BCUT2D eigenvalue weighted by Gasteiger charge is -2.29. The van der Waals surface area contributed by atoms with Crippen molar-refractivity contribution in [2.24, 2.45) is 39.9 Å². The minimum atomic E-state index is -1.90. The number of aliphatic imine (C=N–C) groups is 1. The Labute approximate surface area is 538 Å². The lowest BCUT2D eigenvalue weighted by Crippen LogP contribution is -2.62. The monoisotopic (exact) mass is 1300 g/mol. The maximum absolute atomic E-state index is 14.6. The van der Waals surface area contributed by atoms with Gasteiger partial charge in [-0.1, -0.05) is 102 Å². The molecule has 4 rings (SSSR count). The first-order valence-corrected chi connectivity index (χ1v) is 30.3. The molecule has 10 atom stereocenters. The van der Waals surface area contributed by atoms with Crippen molar-refractivity contribution in [2.75, 3.05) is 13.1 Å². The van der Waals surface area contributed by atoms with E-state index in [9.17, 15) is 67.7 Å². The molecule has 1 fully saturated rings. The summed E-state index contributed by atoms with van der Waals surface area (Å²) in [5.41, 5.74) is 18.3. The summed E-state index contributed by atoms with van der Waals surface area (Å²) in [5, 5.41) is 53.0. The predicted molar refractivity (Wildman–Crippen MR) is 337 cm³/mol. The normalized spacial score (nSPS) is 15.4. The molecular weight excluding hydrogens is 1210 g/mol. The topological polar surface area (TPSA) is 522 Å². The van der Waals surface area contributed by atoms with Gasteiger partial charge in [-0.05, 0) is 67.5 Å². The van der Waals surface area contributed by atoms with Gasteiger partial charge in [-0.15, -0.1) is 0 Å². The first-order chi connectivity index (χ1) is 43.8. The molecule has 1 aromatic heterocycles. The molecule has 1 saturated heterocycles. The van der Waals surface area contributed by atoms with E-state index in [1.54, 1.807) is 88.4 Å². The fourth-order valence-corrected chi connectivity index (χ4v) is 9.57. The smallest absolute Gasteiger partial charge is 0.305 e. The number of nitrogens with one attached hydrogen (secondary N) is 11. The number of nitrogens with two attached hydrogens (primary N) is 3. The second-order valence-corrected chi connectivity index (χ2v) is 23.4. The Balaban J connectivity index is 0.00000547. The van der Waals surface area contributed by atoms with Gasteiger partial charge >= 0.3 is 11.9 Å². The number of imidazole rings is 1. The van der Waals surface area contributed by atoms with E-state index in [1.165, 1.54) is 26.4 Å². The highest BCUT2D eigenvalue weighted by Gasteiger charge is 2.38. The van der Waals surface area contributed by atoms with Gasteiger partial charge in [0.15, 0.2) is 5.96 Å². The molecular formula is C61H90N16O16. The summed E-state index contributed by atoms with van der Waals surface area (Å²) in [6.45, 7) is 11.5. The highest BCUT2D eigenvalue weighted by atomic mass is 16.4. The molecule has 2 heterocycles. The van der Waals surface area contributed by atoms with Gasteiger partial charge in [0.05, 0.1) is 25.2 Å². The van der Waals surface area contributed by atoms with Gasteiger partial charge in [0.1, 0.15) is 54.4 Å². The molecule has 510 valence electrons. The Kier molecular flexibility index (Phi) is 32.6. The number of carboxylic acid groups (broad SMARTS) is 3. The number of carboxylic acids is 3. The molecule has 93 heavy (non-hydrogen) atoms. The molecule has 2 aromatic carbocycles. The third-order valence-corrected chi connectivity index (χ3v) is 14.3. The average Bonchev–Trinajstić information content (AvgIpc) is 1.28. The van der Waals surface area contributed by atoms with Crippen molar-refractivity contribution in [2.45, 2.75) is 173 Å². The van der Waals surface area contributed by atoms with Crippen molar-refractivity contribution in [3.05, 3.63) is 90.0 Å². The van der Waals surface area contributed by atoms with E-state index in [-0.39, 0.29) is 56.9 Å². The van der Waals surface area contributed by atoms with Crippen LogP contribution in [0.25, 0.3) is 0 Å². The van der Waals surface area contributed by atoms with E-state index in [0.29, 0.717) is 36.2 Å². The summed E-state index contributed by atoms with van der Waals surface area (Å²) in [5.74, 6) is -14.7. The number of aromatic amines is 1. The first-order valence-electron chi connectivity index (χ1n) is 30.3. The molecule has 0 aliphatic carbocycles. The van der Waals surface area contributed by atoms with Gasteiger partial charge in [-0.3, -0.25) is 67.3 Å². The van der Waals surface area contributed by atoms with Crippen LogP contribution < -0.4 is 70.4 Å². The van der Waals surface area contributed by atoms with Crippen LogP contribution in [0.4, 0.5) is 0 Å². The van der Waals surface area contributed by atoms with Gasteiger partial charge in [-0.2, -0.15) is 0 Å². The van der Waals surface area contributed by atoms with Crippen LogP contribution in [0.5, 0.6) is 0 Å². The molecule has 10 amide bonds. The number of H-pyrrole nitrogens is 1. The van der Waals surface area contributed by atoms with Crippen molar-refractivity contribution >= 4 is 82.9 Å². The lowest BCUT2D eigenvalue weighted by atomic mass is 9.98. The number of rotatable bonds is 37. The number of carbonyl (C=O) groups excluding carboxylic acids is 10. The van der Waals surface area contributed by atoms with E-state index < -0.39 is 162 Å². The molecule has 1 aliphatic rings. The Morgan fingerprint density at radius 1 is 0.548 bits per heavy atom. The summed E-state index contributed by atoms with van der Waals surface area (Å²) in [6, 6.07) is 3.39. The molecule has 3 aromatic rings. The Morgan fingerprint density at radius 2 is 0.968 bits per heavy atom. The van der Waals surface area contributed by atoms with E-state index >= 15 is 0 Å². The number of primary amides is 1. The average molecular weight is 1300 g/mol. The van der Waals surface area contributed by atoms with Crippen LogP contribution >= 0.6 is 0 Å². The van der Waals surface area contributed by atoms with Crippen LogP contribution in [0.15, 0.2) is 78.2 Å². The van der Waals surface area contributed by atoms with Crippen molar-refractivity contribution in [3.8, 4) is 0 Å². The van der Waals surface area contributed by atoms with Crippen molar-refractivity contribution in [1.29, 1.82) is 0 Å². The van der Waals surface area contributed by atoms with Gasteiger partial charge < -0.3 is 90.7 Å². The molecule has 0 radical (unpaired) electrons. The highest BCUT2D eigenvalue weighted by Crippen LogP contribution is 2.14.